The van der Waals surface area contributed by atoms with Crippen LogP contribution in [0.25, 0.3) is 0 Å². The van der Waals surface area contributed by atoms with E-state index in [2.05, 4.69) is 26.6 Å². The Hall–Kier alpha value is -2.81. The molecule has 146 valence electrons. The molecule has 1 aliphatic heterocycles. The first kappa shape index (κ1) is 19.9. The number of nitrogens with zero attached hydrogens (tertiary/aromatic N) is 1. The Morgan fingerprint density at radius 2 is 1.93 bits per heavy atom. The van der Waals surface area contributed by atoms with Crippen LogP contribution < -0.4 is 10.6 Å². The van der Waals surface area contributed by atoms with Crippen LogP contribution in [-0.4, -0.2) is 29.3 Å². The number of hydrogen-bond acceptors (Lipinski definition) is 3. The molecule has 0 spiro atoms. The van der Waals surface area contributed by atoms with Crippen LogP contribution in [0.4, 0.5) is 19.3 Å². The van der Waals surface area contributed by atoms with Crippen molar-refractivity contribution in [3.63, 3.8) is 0 Å². The summed E-state index contributed by atoms with van der Waals surface area (Å²) in [4.78, 5) is 38.0. The molecule has 2 N–H and O–H groups in total. The van der Waals surface area contributed by atoms with E-state index in [9.17, 15) is 23.2 Å². The van der Waals surface area contributed by atoms with Gasteiger partial charge in [-0.2, -0.15) is 0 Å². The Labute approximate surface area is 168 Å². The lowest BCUT2D eigenvalue weighted by Crippen LogP contribution is -2.42. The fourth-order valence-electron chi connectivity index (χ4n) is 3.00. The predicted molar refractivity (Wildman–Crippen MR) is 101 cm³/mol. The number of imide groups is 1. The van der Waals surface area contributed by atoms with Gasteiger partial charge in [-0.25, -0.2) is 13.6 Å². The molecule has 1 fully saturated rings. The molecule has 28 heavy (non-hydrogen) atoms. The minimum Gasteiger partial charge on any atom is -0.324 e. The van der Waals surface area contributed by atoms with E-state index in [1.165, 1.54) is 6.92 Å². The number of urea groups is 1. The molecule has 2 aromatic carbocycles. The van der Waals surface area contributed by atoms with Gasteiger partial charge in [0.05, 0.1) is 0 Å². The largest absolute Gasteiger partial charge is 0.325 e. The van der Waals surface area contributed by atoms with Gasteiger partial charge in [-0.3, -0.25) is 14.5 Å². The number of aryl methyl sites for hydroxylation is 1. The summed E-state index contributed by atoms with van der Waals surface area (Å²) >= 11 is 3.32. The number of halogens is 3. The molecule has 3 rings (SSSR count). The third kappa shape index (κ3) is 3.62. The maximum Gasteiger partial charge on any atom is 0.325 e. The van der Waals surface area contributed by atoms with Crippen molar-refractivity contribution in [1.82, 2.24) is 10.2 Å². The summed E-state index contributed by atoms with van der Waals surface area (Å²) in [7, 11) is 0. The Kier molecular flexibility index (Phi) is 5.20. The van der Waals surface area contributed by atoms with Crippen molar-refractivity contribution in [1.29, 1.82) is 0 Å². The van der Waals surface area contributed by atoms with E-state index in [0.29, 0.717) is 10.6 Å². The van der Waals surface area contributed by atoms with Gasteiger partial charge in [-0.15, -0.1) is 0 Å². The molecule has 1 aliphatic rings. The van der Waals surface area contributed by atoms with Crippen LogP contribution in [0.15, 0.2) is 40.9 Å². The summed E-state index contributed by atoms with van der Waals surface area (Å²) in [6.45, 7) is 2.49. The lowest BCUT2D eigenvalue weighted by Gasteiger charge is -2.22. The number of amides is 4. The molecule has 1 heterocycles. The highest BCUT2D eigenvalue weighted by atomic mass is 79.9. The quantitative estimate of drug-likeness (QED) is 0.698. The Morgan fingerprint density at radius 1 is 1.21 bits per heavy atom. The summed E-state index contributed by atoms with van der Waals surface area (Å²) in [5.41, 5.74) is -0.805. The lowest BCUT2D eigenvalue weighted by molar-refractivity contribution is -0.133. The van der Waals surface area contributed by atoms with Crippen molar-refractivity contribution in [3.05, 3.63) is 63.6 Å². The summed E-state index contributed by atoms with van der Waals surface area (Å²) < 4.78 is 28.5. The van der Waals surface area contributed by atoms with Gasteiger partial charge in [0.15, 0.2) is 0 Å². The number of benzene rings is 2. The smallest absolute Gasteiger partial charge is 0.324 e. The van der Waals surface area contributed by atoms with Gasteiger partial charge in [0, 0.05) is 15.7 Å². The zero-order valence-electron chi connectivity index (χ0n) is 15.0. The van der Waals surface area contributed by atoms with Crippen LogP contribution >= 0.6 is 15.9 Å². The van der Waals surface area contributed by atoms with E-state index in [1.54, 1.807) is 25.1 Å². The van der Waals surface area contributed by atoms with Crippen LogP contribution in [0, 0.1) is 18.6 Å². The molecule has 0 aliphatic carbocycles. The average Bonchev–Trinajstić information content (AvgIpc) is 2.83. The number of nitrogens with one attached hydrogen (secondary N) is 2. The second-order valence-corrected chi connectivity index (χ2v) is 7.49. The van der Waals surface area contributed by atoms with Gasteiger partial charge < -0.3 is 10.6 Å². The number of rotatable bonds is 4. The van der Waals surface area contributed by atoms with Crippen LogP contribution in [0.5, 0.6) is 0 Å². The third-order valence-corrected chi connectivity index (χ3v) is 5.00. The average molecular weight is 452 g/mol. The van der Waals surface area contributed by atoms with Crippen LogP contribution in [0.2, 0.25) is 0 Å². The molecule has 1 atom stereocenters. The molecule has 9 heteroatoms. The monoisotopic (exact) mass is 451 g/mol. The molecule has 0 bridgehead atoms. The summed E-state index contributed by atoms with van der Waals surface area (Å²) in [6.07, 6.45) is 0. The molecule has 4 amide bonds. The van der Waals surface area contributed by atoms with Crippen LogP contribution in [-0.2, 0) is 15.1 Å². The highest BCUT2D eigenvalue weighted by Gasteiger charge is 2.50. The van der Waals surface area contributed by atoms with E-state index >= 15 is 0 Å². The molecule has 1 saturated heterocycles. The van der Waals surface area contributed by atoms with Gasteiger partial charge in [-0.1, -0.05) is 15.9 Å². The van der Waals surface area contributed by atoms with Crippen molar-refractivity contribution in [2.45, 2.75) is 19.4 Å². The first-order chi connectivity index (χ1) is 13.1. The van der Waals surface area contributed by atoms with E-state index in [4.69, 9.17) is 0 Å². The van der Waals surface area contributed by atoms with E-state index in [0.717, 1.165) is 28.2 Å². The van der Waals surface area contributed by atoms with Crippen molar-refractivity contribution in [2.24, 2.45) is 0 Å². The van der Waals surface area contributed by atoms with E-state index in [-0.39, 0.29) is 5.56 Å². The maximum absolute atomic E-state index is 14.1. The van der Waals surface area contributed by atoms with Crippen molar-refractivity contribution >= 4 is 39.5 Å². The second-order valence-electron chi connectivity index (χ2n) is 6.58. The molecule has 0 aromatic heterocycles. The second kappa shape index (κ2) is 7.31. The molecular weight excluding hydrogens is 436 g/mol. The normalized spacial score (nSPS) is 19.0. The molecular formula is C19H16BrF2N3O3. The first-order valence-corrected chi connectivity index (χ1v) is 9.07. The standard InChI is InChI=1S/C19H16BrF2N3O3/c1-10-7-11(20)3-6-15(10)23-16(26)9-25-17(27)19(2,24-18(25)28)13-8-12(21)4-5-14(13)22/h3-8H,9H2,1-2H3,(H,23,26)(H,24,28). The molecule has 0 radical (unpaired) electrons. The zero-order chi connectivity index (χ0) is 20.6. The predicted octanol–water partition coefficient (Wildman–Crippen LogP) is 3.44. The van der Waals surface area contributed by atoms with Gasteiger partial charge in [-0.05, 0) is 55.8 Å². The molecule has 0 saturated carbocycles. The maximum atomic E-state index is 14.1. The summed E-state index contributed by atoms with van der Waals surface area (Å²) in [5, 5.41) is 4.97. The fraction of sp³-hybridized carbons (Fsp3) is 0.211. The van der Waals surface area contributed by atoms with Crippen molar-refractivity contribution < 1.29 is 23.2 Å². The van der Waals surface area contributed by atoms with Crippen LogP contribution in [0.3, 0.4) is 0 Å². The van der Waals surface area contributed by atoms with Gasteiger partial charge in [0.1, 0.15) is 23.7 Å². The summed E-state index contributed by atoms with van der Waals surface area (Å²) in [6, 6.07) is 6.99. The first-order valence-electron chi connectivity index (χ1n) is 8.27. The van der Waals surface area contributed by atoms with E-state index in [1.807, 2.05) is 0 Å². The fourth-order valence-corrected chi connectivity index (χ4v) is 3.48. The number of carbonyl (C=O) groups is 3. The van der Waals surface area contributed by atoms with Gasteiger partial charge in [0.25, 0.3) is 5.91 Å². The Morgan fingerprint density at radius 3 is 2.61 bits per heavy atom. The third-order valence-electron chi connectivity index (χ3n) is 4.51. The zero-order valence-corrected chi connectivity index (χ0v) is 16.6. The van der Waals surface area contributed by atoms with E-state index < -0.39 is 41.6 Å². The molecule has 6 nitrogen and oxygen atoms in total. The van der Waals surface area contributed by atoms with Crippen molar-refractivity contribution in [3.8, 4) is 0 Å². The number of carbonyl (C=O) groups excluding carboxylic acids is 3. The topological polar surface area (TPSA) is 78.5 Å². The Balaban J connectivity index is 1.80. The lowest BCUT2D eigenvalue weighted by atomic mass is 9.91. The SMILES string of the molecule is Cc1cc(Br)ccc1NC(=O)CN1C(=O)NC(C)(c2cc(F)ccc2F)C1=O. The number of hydrogen-bond donors (Lipinski definition) is 2. The molecule has 1 unspecified atom stereocenters. The highest BCUT2D eigenvalue weighted by Crippen LogP contribution is 2.31. The van der Waals surface area contributed by atoms with Crippen molar-refractivity contribution in [2.75, 3.05) is 11.9 Å². The van der Waals surface area contributed by atoms with Gasteiger partial charge in [0.2, 0.25) is 5.91 Å². The highest BCUT2D eigenvalue weighted by molar-refractivity contribution is 9.10. The molecule has 2 aromatic rings. The minimum absolute atomic E-state index is 0.308. The number of anilines is 1. The summed E-state index contributed by atoms with van der Waals surface area (Å²) in [5.74, 6) is -3.03. The van der Waals surface area contributed by atoms with Crippen LogP contribution in [0.1, 0.15) is 18.1 Å². The Bertz CT molecular complexity index is 998. The minimum atomic E-state index is -1.81. The van der Waals surface area contributed by atoms with Gasteiger partial charge >= 0.3 is 6.03 Å².